The first-order valence-electron chi connectivity index (χ1n) is 7.43. The van der Waals surface area contributed by atoms with Gasteiger partial charge in [0.05, 0.1) is 12.3 Å². The third-order valence-corrected chi connectivity index (χ3v) is 4.14. The number of benzene rings is 1. The highest BCUT2D eigenvalue weighted by Gasteiger charge is 2.17. The molecule has 0 saturated heterocycles. The quantitative estimate of drug-likeness (QED) is 0.869. The van der Waals surface area contributed by atoms with E-state index in [0.29, 0.717) is 0 Å². The second-order valence-electron chi connectivity index (χ2n) is 5.30. The average molecular weight is 350 g/mol. The van der Waals surface area contributed by atoms with Crippen LogP contribution >= 0.6 is 15.9 Å². The van der Waals surface area contributed by atoms with Crippen molar-refractivity contribution >= 4 is 15.9 Å². The molecular weight excluding hydrogens is 330 g/mol. The SMILES string of the molecule is CCCn1nccc1CNCc1cc(Br)cc2c1OCC2. The Morgan fingerprint density at radius 1 is 1.38 bits per heavy atom. The fourth-order valence-corrected chi connectivity index (χ4v) is 3.28. The molecule has 0 fully saturated rings. The van der Waals surface area contributed by atoms with Crippen molar-refractivity contribution in [1.29, 1.82) is 0 Å². The minimum Gasteiger partial charge on any atom is -0.493 e. The van der Waals surface area contributed by atoms with E-state index < -0.39 is 0 Å². The van der Waals surface area contributed by atoms with E-state index in [9.17, 15) is 0 Å². The van der Waals surface area contributed by atoms with E-state index in [-0.39, 0.29) is 0 Å². The fraction of sp³-hybridized carbons (Fsp3) is 0.438. The summed E-state index contributed by atoms with van der Waals surface area (Å²) in [6.45, 7) is 5.56. The normalized spacial score (nSPS) is 13.2. The number of fused-ring (bicyclic) bond motifs is 1. The van der Waals surface area contributed by atoms with E-state index in [0.717, 1.165) is 49.3 Å². The third kappa shape index (κ3) is 3.30. The van der Waals surface area contributed by atoms with Crippen molar-refractivity contribution in [2.75, 3.05) is 6.61 Å². The molecule has 1 N–H and O–H groups in total. The van der Waals surface area contributed by atoms with Crippen LogP contribution in [-0.2, 0) is 26.1 Å². The van der Waals surface area contributed by atoms with Gasteiger partial charge in [-0.05, 0) is 30.2 Å². The zero-order valence-electron chi connectivity index (χ0n) is 12.2. The third-order valence-electron chi connectivity index (χ3n) is 3.69. The van der Waals surface area contributed by atoms with Gasteiger partial charge in [-0.15, -0.1) is 0 Å². The first-order valence-corrected chi connectivity index (χ1v) is 8.22. The molecule has 1 aromatic heterocycles. The number of hydrogen-bond donors (Lipinski definition) is 1. The molecule has 0 aliphatic carbocycles. The van der Waals surface area contributed by atoms with Gasteiger partial charge in [0.15, 0.2) is 0 Å². The monoisotopic (exact) mass is 349 g/mol. The maximum Gasteiger partial charge on any atom is 0.127 e. The molecule has 0 amide bonds. The fourth-order valence-electron chi connectivity index (χ4n) is 2.73. The van der Waals surface area contributed by atoms with Crippen molar-refractivity contribution in [3.05, 3.63) is 45.7 Å². The van der Waals surface area contributed by atoms with Crippen LogP contribution in [0.2, 0.25) is 0 Å². The lowest BCUT2D eigenvalue weighted by atomic mass is 10.1. The molecule has 5 heteroatoms. The largest absolute Gasteiger partial charge is 0.493 e. The topological polar surface area (TPSA) is 39.1 Å². The van der Waals surface area contributed by atoms with Gasteiger partial charge in [0.25, 0.3) is 0 Å². The molecule has 0 bridgehead atoms. The van der Waals surface area contributed by atoms with Crippen LogP contribution in [0.15, 0.2) is 28.9 Å². The van der Waals surface area contributed by atoms with Gasteiger partial charge in [-0.1, -0.05) is 22.9 Å². The van der Waals surface area contributed by atoms with Crippen LogP contribution in [0.1, 0.15) is 30.2 Å². The number of aryl methyl sites for hydroxylation is 1. The summed E-state index contributed by atoms with van der Waals surface area (Å²) in [5.41, 5.74) is 3.75. The van der Waals surface area contributed by atoms with Crippen molar-refractivity contribution in [2.45, 2.75) is 39.4 Å². The first-order chi connectivity index (χ1) is 10.3. The van der Waals surface area contributed by atoms with E-state index in [1.165, 1.54) is 16.8 Å². The smallest absolute Gasteiger partial charge is 0.127 e. The van der Waals surface area contributed by atoms with Crippen LogP contribution in [0.25, 0.3) is 0 Å². The van der Waals surface area contributed by atoms with Gasteiger partial charge in [-0.3, -0.25) is 4.68 Å². The molecule has 3 rings (SSSR count). The van der Waals surface area contributed by atoms with E-state index in [1.54, 1.807) is 0 Å². The summed E-state index contributed by atoms with van der Waals surface area (Å²) in [6.07, 6.45) is 3.97. The lowest BCUT2D eigenvalue weighted by Gasteiger charge is -2.11. The highest BCUT2D eigenvalue weighted by atomic mass is 79.9. The lowest BCUT2D eigenvalue weighted by Crippen LogP contribution is -2.17. The standard InChI is InChI=1S/C16H20BrN3O/c1-2-6-20-15(3-5-19-20)11-18-10-13-9-14(17)8-12-4-7-21-16(12)13/h3,5,8-9,18H,2,4,6-7,10-11H2,1H3. The molecule has 0 atom stereocenters. The second-order valence-corrected chi connectivity index (χ2v) is 6.22. The molecule has 2 heterocycles. The second kappa shape index (κ2) is 6.62. The highest BCUT2D eigenvalue weighted by molar-refractivity contribution is 9.10. The summed E-state index contributed by atoms with van der Waals surface area (Å²) < 4.78 is 8.95. The Morgan fingerprint density at radius 3 is 3.14 bits per heavy atom. The Balaban J connectivity index is 1.64. The van der Waals surface area contributed by atoms with Gasteiger partial charge < -0.3 is 10.1 Å². The van der Waals surface area contributed by atoms with Gasteiger partial charge in [0.1, 0.15) is 5.75 Å². The highest BCUT2D eigenvalue weighted by Crippen LogP contribution is 2.32. The molecule has 1 aliphatic heterocycles. The number of nitrogens with one attached hydrogen (secondary N) is 1. The Labute approximate surface area is 133 Å². The van der Waals surface area contributed by atoms with Crippen LogP contribution in [0.3, 0.4) is 0 Å². The summed E-state index contributed by atoms with van der Waals surface area (Å²) in [4.78, 5) is 0. The van der Waals surface area contributed by atoms with Crippen LogP contribution in [0.5, 0.6) is 5.75 Å². The minimum absolute atomic E-state index is 0.794. The van der Waals surface area contributed by atoms with E-state index in [1.807, 2.05) is 6.20 Å². The Bertz CT molecular complexity index is 624. The number of nitrogens with zero attached hydrogens (tertiary/aromatic N) is 2. The van der Waals surface area contributed by atoms with Crippen LogP contribution in [0.4, 0.5) is 0 Å². The molecule has 4 nitrogen and oxygen atoms in total. The van der Waals surface area contributed by atoms with Crippen LogP contribution in [0, 0.1) is 0 Å². The van der Waals surface area contributed by atoms with E-state index in [2.05, 4.69) is 56.2 Å². The molecule has 112 valence electrons. The number of ether oxygens (including phenoxy) is 1. The predicted molar refractivity (Wildman–Crippen MR) is 86.4 cm³/mol. The van der Waals surface area contributed by atoms with Crippen molar-refractivity contribution < 1.29 is 4.74 Å². The van der Waals surface area contributed by atoms with Gasteiger partial charge in [-0.25, -0.2) is 0 Å². The van der Waals surface area contributed by atoms with Crippen molar-refractivity contribution in [1.82, 2.24) is 15.1 Å². The van der Waals surface area contributed by atoms with Crippen molar-refractivity contribution in [3.8, 4) is 5.75 Å². The summed E-state index contributed by atoms with van der Waals surface area (Å²) in [7, 11) is 0. The van der Waals surface area contributed by atoms with E-state index >= 15 is 0 Å². The molecular formula is C16H20BrN3O. The van der Waals surface area contributed by atoms with Crippen LogP contribution < -0.4 is 10.1 Å². The summed E-state index contributed by atoms with van der Waals surface area (Å²) in [6, 6.07) is 6.37. The van der Waals surface area contributed by atoms with Crippen molar-refractivity contribution in [3.63, 3.8) is 0 Å². The Hall–Kier alpha value is -1.33. The van der Waals surface area contributed by atoms with Gasteiger partial charge in [0, 0.05) is 42.3 Å². The number of aromatic nitrogens is 2. The summed E-state index contributed by atoms with van der Waals surface area (Å²) in [5.74, 6) is 1.06. The summed E-state index contributed by atoms with van der Waals surface area (Å²) >= 11 is 3.58. The average Bonchev–Trinajstić information content (AvgIpc) is 3.08. The number of halogens is 1. The predicted octanol–water partition coefficient (Wildman–Crippen LogP) is 3.28. The molecule has 0 spiro atoms. The Kier molecular flexibility index (Phi) is 4.60. The maximum atomic E-state index is 5.76. The number of hydrogen-bond acceptors (Lipinski definition) is 3. The summed E-state index contributed by atoms with van der Waals surface area (Å²) in [5, 5.41) is 7.85. The van der Waals surface area contributed by atoms with Crippen LogP contribution in [-0.4, -0.2) is 16.4 Å². The molecule has 2 aromatic rings. The van der Waals surface area contributed by atoms with E-state index in [4.69, 9.17) is 4.74 Å². The van der Waals surface area contributed by atoms with Crippen molar-refractivity contribution in [2.24, 2.45) is 0 Å². The minimum atomic E-state index is 0.794. The lowest BCUT2D eigenvalue weighted by molar-refractivity contribution is 0.352. The maximum absolute atomic E-state index is 5.76. The van der Waals surface area contributed by atoms with Gasteiger partial charge in [-0.2, -0.15) is 5.10 Å². The molecule has 21 heavy (non-hydrogen) atoms. The molecule has 0 unspecified atom stereocenters. The first kappa shape index (κ1) is 14.6. The van der Waals surface area contributed by atoms with Gasteiger partial charge >= 0.3 is 0 Å². The Morgan fingerprint density at radius 2 is 2.29 bits per heavy atom. The van der Waals surface area contributed by atoms with Gasteiger partial charge in [0.2, 0.25) is 0 Å². The molecule has 1 aliphatic rings. The number of rotatable bonds is 6. The molecule has 0 radical (unpaired) electrons. The molecule has 1 aromatic carbocycles. The zero-order chi connectivity index (χ0) is 14.7. The molecule has 0 saturated carbocycles. The zero-order valence-corrected chi connectivity index (χ0v) is 13.8.